The summed E-state index contributed by atoms with van der Waals surface area (Å²) in [5.74, 6) is -1.09. The van der Waals surface area contributed by atoms with Crippen LogP contribution in [0.1, 0.15) is 18.1 Å². The second-order valence-corrected chi connectivity index (χ2v) is 4.46. The van der Waals surface area contributed by atoms with Crippen LogP contribution in [0.15, 0.2) is 18.2 Å². The topological polar surface area (TPSA) is 104 Å². The fourth-order valence-electron chi connectivity index (χ4n) is 1.51. The van der Waals surface area contributed by atoms with Gasteiger partial charge in [0.25, 0.3) is 0 Å². The standard InChI is InChI=1S/C11H16BNO4/c1-7-3-4-9(12(16)17)5-8(7)6-11(2,13)10(14)15/h3-5,16-17H,6,13H2,1-2H3,(H,14,15)/t11-/m1/s1. The third kappa shape index (κ3) is 3.29. The summed E-state index contributed by atoms with van der Waals surface area (Å²) in [6.45, 7) is 3.25. The molecule has 0 amide bonds. The number of carbonyl (C=O) groups is 1. The van der Waals surface area contributed by atoms with Gasteiger partial charge >= 0.3 is 13.1 Å². The van der Waals surface area contributed by atoms with Crippen LogP contribution in [-0.2, 0) is 11.2 Å². The number of nitrogens with two attached hydrogens (primary N) is 1. The molecule has 0 aliphatic rings. The highest BCUT2D eigenvalue weighted by Crippen LogP contribution is 2.14. The van der Waals surface area contributed by atoms with Gasteiger partial charge in [-0.05, 0) is 30.4 Å². The molecule has 0 unspecified atom stereocenters. The summed E-state index contributed by atoms with van der Waals surface area (Å²) in [6.07, 6.45) is 0.134. The average Bonchev–Trinajstić information content (AvgIpc) is 2.20. The molecule has 0 fully saturated rings. The summed E-state index contributed by atoms with van der Waals surface area (Å²) < 4.78 is 0. The van der Waals surface area contributed by atoms with E-state index in [1.165, 1.54) is 6.92 Å². The van der Waals surface area contributed by atoms with E-state index in [4.69, 9.17) is 20.9 Å². The lowest BCUT2D eigenvalue weighted by Gasteiger charge is -2.20. The molecule has 5 nitrogen and oxygen atoms in total. The molecule has 0 saturated heterocycles. The van der Waals surface area contributed by atoms with Gasteiger partial charge in [-0.15, -0.1) is 0 Å². The van der Waals surface area contributed by atoms with Gasteiger partial charge < -0.3 is 20.9 Å². The Morgan fingerprint density at radius 2 is 2.06 bits per heavy atom. The Morgan fingerprint density at radius 3 is 2.53 bits per heavy atom. The van der Waals surface area contributed by atoms with Crippen molar-refractivity contribution < 1.29 is 19.9 Å². The Hall–Kier alpha value is -1.37. The van der Waals surface area contributed by atoms with Crippen molar-refractivity contribution in [2.24, 2.45) is 5.73 Å². The van der Waals surface area contributed by atoms with Crippen LogP contribution >= 0.6 is 0 Å². The van der Waals surface area contributed by atoms with Gasteiger partial charge in [0, 0.05) is 6.42 Å². The minimum absolute atomic E-state index is 0.134. The molecule has 92 valence electrons. The Morgan fingerprint density at radius 1 is 1.47 bits per heavy atom. The van der Waals surface area contributed by atoms with E-state index in [-0.39, 0.29) is 6.42 Å². The van der Waals surface area contributed by atoms with Crippen molar-refractivity contribution in [3.63, 3.8) is 0 Å². The zero-order valence-corrected chi connectivity index (χ0v) is 9.84. The van der Waals surface area contributed by atoms with Gasteiger partial charge in [-0.3, -0.25) is 4.79 Å². The lowest BCUT2D eigenvalue weighted by atomic mass is 9.77. The summed E-state index contributed by atoms with van der Waals surface area (Å²) in [5.41, 5.74) is 6.18. The highest BCUT2D eigenvalue weighted by Gasteiger charge is 2.29. The first kappa shape index (κ1) is 13.7. The van der Waals surface area contributed by atoms with Crippen molar-refractivity contribution in [2.75, 3.05) is 0 Å². The summed E-state index contributed by atoms with van der Waals surface area (Å²) in [7, 11) is -1.57. The number of aryl methyl sites for hydroxylation is 1. The van der Waals surface area contributed by atoms with Crippen molar-refractivity contribution in [1.29, 1.82) is 0 Å². The second-order valence-electron chi connectivity index (χ2n) is 4.46. The monoisotopic (exact) mass is 237 g/mol. The van der Waals surface area contributed by atoms with Gasteiger partial charge in [-0.1, -0.05) is 18.2 Å². The summed E-state index contributed by atoms with van der Waals surface area (Å²) >= 11 is 0. The van der Waals surface area contributed by atoms with Crippen LogP contribution < -0.4 is 11.2 Å². The molecule has 17 heavy (non-hydrogen) atoms. The zero-order valence-electron chi connectivity index (χ0n) is 9.84. The van der Waals surface area contributed by atoms with E-state index in [1.807, 2.05) is 6.92 Å². The predicted molar refractivity (Wildman–Crippen MR) is 64.9 cm³/mol. The summed E-state index contributed by atoms with van der Waals surface area (Å²) in [6, 6.07) is 4.86. The van der Waals surface area contributed by atoms with E-state index in [1.54, 1.807) is 18.2 Å². The van der Waals surface area contributed by atoms with E-state index < -0.39 is 18.6 Å². The van der Waals surface area contributed by atoms with E-state index in [9.17, 15) is 4.79 Å². The molecule has 1 aromatic carbocycles. The minimum Gasteiger partial charge on any atom is -0.480 e. The maximum Gasteiger partial charge on any atom is 0.488 e. The average molecular weight is 237 g/mol. The van der Waals surface area contributed by atoms with E-state index in [2.05, 4.69) is 0 Å². The normalized spacial score (nSPS) is 14.2. The van der Waals surface area contributed by atoms with Crippen LogP contribution in [0.4, 0.5) is 0 Å². The smallest absolute Gasteiger partial charge is 0.480 e. The van der Waals surface area contributed by atoms with Gasteiger partial charge in [-0.25, -0.2) is 0 Å². The van der Waals surface area contributed by atoms with Crippen molar-refractivity contribution in [3.8, 4) is 0 Å². The third-order valence-corrected chi connectivity index (χ3v) is 2.72. The number of hydrogen-bond donors (Lipinski definition) is 4. The molecule has 0 saturated carbocycles. The van der Waals surface area contributed by atoms with Crippen LogP contribution in [0, 0.1) is 6.92 Å². The quantitative estimate of drug-likeness (QED) is 0.504. The maximum absolute atomic E-state index is 10.9. The van der Waals surface area contributed by atoms with Crippen molar-refractivity contribution >= 4 is 18.6 Å². The molecule has 0 aliphatic carbocycles. The molecule has 0 radical (unpaired) electrons. The molecule has 1 aromatic rings. The first-order chi connectivity index (χ1) is 7.74. The molecule has 1 atom stereocenters. The third-order valence-electron chi connectivity index (χ3n) is 2.72. The highest BCUT2D eigenvalue weighted by molar-refractivity contribution is 6.58. The van der Waals surface area contributed by atoms with Crippen molar-refractivity contribution in [2.45, 2.75) is 25.8 Å². The fourth-order valence-corrected chi connectivity index (χ4v) is 1.51. The number of aliphatic carboxylic acids is 1. The highest BCUT2D eigenvalue weighted by atomic mass is 16.4. The zero-order chi connectivity index (χ0) is 13.2. The van der Waals surface area contributed by atoms with Crippen LogP contribution in [0.25, 0.3) is 0 Å². The molecule has 5 N–H and O–H groups in total. The van der Waals surface area contributed by atoms with E-state index in [0.29, 0.717) is 11.0 Å². The Labute approximate surface area is 100 Å². The van der Waals surface area contributed by atoms with Crippen LogP contribution in [0.5, 0.6) is 0 Å². The van der Waals surface area contributed by atoms with Gasteiger partial charge in [0.2, 0.25) is 0 Å². The van der Waals surface area contributed by atoms with Crippen LogP contribution in [0.3, 0.4) is 0 Å². The fraction of sp³-hybridized carbons (Fsp3) is 0.364. The Balaban J connectivity index is 3.05. The molecule has 0 spiro atoms. The minimum atomic E-state index is -1.57. The molecule has 6 heteroatoms. The van der Waals surface area contributed by atoms with Gasteiger partial charge in [-0.2, -0.15) is 0 Å². The van der Waals surface area contributed by atoms with E-state index in [0.717, 1.165) is 5.56 Å². The molecule has 1 rings (SSSR count). The van der Waals surface area contributed by atoms with Crippen molar-refractivity contribution in [1.82, 2.24) is 0 Å². The number of carboxylic acids is 1. The summed E-state index contributed by atoms with van der Waals surface area (Å²) in [4.78, 5) is 10.9. The maximum atomic E-state index is 10.9. The van der Waals surface area contributed by atoms with Gasteiger partial charge in [0.15, 0.2) is 0 Å². The van der Waals surface area contributed by atoms with Crippen LogP contribution in [-0.4, -0.2) is 33.8 Å². The molecule has 0 bridgehead atoms. The number of carboxylic acid groups (broad SMARTS) is 1. The van der Waals surface area contributed by atoms with Crippen molar-refractivity contribution in [3.05, 3.63) is 29.3 Å². The number of benzene rings is 1. The predicted octanol–water partition coefficient (Wildman–Crippen LogP) is -0.981. The first-order valence-electron chi connectivity index (χ1n) is 5.22. The number of rotatable bonds is 4. The lowest BCUT2D eigenvalue weighted by Crippen LogP contribution is -2.47. The second kappa shape index (κ2) is 4.87. The SMILES string of the molecule is Cc1ccc(B(O)O)cc1C[C@@](C)(N)C(=O)O. The molecular weight excluding hydrogens is 221 g/mol. The van der Waals surface area contributed by atoms with Crippen LogP contribution in [0.2, 0.25) is 0 Å². The molecule has 0 heterocycles. The Kier molecular flexibility index (Phi) is 3.92. The first-order valence-corrected chi connectivity index (χ1v) is 5.22. The number of hydrogen-bond acceptors (Lipinski definition) is 4. The van der Waals surface area contributed by atoms with E-state index >= 15 is 0 Å². The van der Waals surface area contributed by atoms with Gasteiger partial charge in [0.05, 0.1) is 0 Å². The van der Waals surface area contributed by atoms with Gasteiger partial charge in [0.1, 0.15) is 5.54 Å². The molecule has 0 aliphatic heterocycles. The molecule has 0 aromatic heterocycles. The summed E-state index contributed by atoms with van der Waals surface area (Å²) in [5, 5.41) is 27.1. The lowest BCUT2D eigenvalue weighted by molar-refractivity contribution is -0.142. The molecular formula is C11H16BNO4. The largest absolute Gasteiger partial charge is 0.488 e. The Bertz CT molecular complexity index is 431.